The zero-order valence-corrected chi connectivity index (χ0v) is 12.7. The van der Waals surface area contributed by atoms with Crippen LogP contribution in [-0.4, -0.2) is 11.0 Å². The van der Waals surface area contributed by atoms with Crippen LogP contribution in [0.5, 0.6) is 0 Å². The molecule has 20 heavy (non-hydrogen) atoms. The largest absolute Gasteiger partial charge is 0.382 e. The molecule has 1 saturated carbocycles. The van der Waals surface area contributed by atoms with Crippen LogP contribution in [-0.2, 0) is 0 Å². The van der Waals surface area contributed by atoms with Crippen LogP contribution in [0.4, 0.5) is 5.69 Å². The van der Waals surface area contributed by atoms with Gasteiger partial charge in [-0.25, -0.2) is 0 Å². The molecule has 1 fully saturated rings. The van der Waals surface area contributed by atoms with Crippen molar-refractivity contribution < 1.29 is 0 Å². The number of nitrogens with zero attached hydrogens (tertiary/aromatic N) is 1. The molecule has 0 bridgehead atoms. The second-order valence-corrected chi connectivity index (χ2v) is 6.29. The molecule has 1 aromatic heterocycles. The minimum absolute atomic E-state index is 0.511. The van der Waals surface area contributed by atoms with Crippen molar-refractivity contribution in [1.82, 2.24) is 4.98 Å². The second kappa shape index (κ2) is 6.01. The van der Waals surface area contributed by atoms with Crippen LogP contribution >= 0.6 is 11.6 Å². The van der Waals surface area contributed by atoms with E-state index in [0.717, 1.165) is 21.8 Å². The van der Waals surface area contributed by atoms with Crippen LogP contribution in [0.3, 0.4) is 0 Å². The summed E-state index contributed by atoms with van der Waals surface area (Å²) in [4.78, 5) is 4.40. The van der Waals surface area contributed by atoms with Gasteiger partial charge in [-0.3, -0.25) is 4.98 Å². The van der Waals surface area contributed by atoms with Crippen molar-refractivity contribution in [3.8, 4) is 0 Å². The van der Waals surface area contributed by atoms with E-state index >= 15 is 0 Å². The number of halogens is 1. The molecule has 1 atom stereocenters. The zero-order valence-electron chi connectivity index (χ0n) is 11.9. The first-order chi connectivity index (χ1) is 9.74. The van der Waals surface area contributed by atoms with Crippen LogP contribution in [0.2, 0.25) is 5.02 Å². The van der Waals surface area contributed by atoms with Crippen LogP contribution in [0.25, 0.3) is 10.9 Å². The molecule has 3 heteroatoms. The van der Waals surface area contributed by atoms with E-state index in [9.17, 15) is 0 Å². The lowest BCUT2D eigenvalue weighted by Gasteiger charge is -2.29. The normalized spacial score (nSPS) is 18.1. The number of benzene rings is 1. The average Bonchev–Trinajstić information content (AvgIpc) is 2.48. The molecule has 1 aliphatic rings. The first kappa shape index (κ1) is 13.7. The Labute approximate surface area is 125 Å². The van der Waals surface area contributed by atoms with Gasteiger partial charge in [-0.05, 0) is 49.9 Å². The Morgan fingerprint density at radius 1 is 1.20 bits per heavy atom. The van der Waals surface area contributed by atoms with E-state index in [2.05, 4.69) is 29.4 Å². The fraction of sp³-hybridized carbons (Fsp3) is 0.471. The van der Waals surface area contributed by atoms with Gasteiger partial charge in [-0.15, -0.1) is 0 Å². The topological polar surface area (TPSA) is 24.9 Å². The molecule has 0 aliphatic heterocycles. The number of pyridine rings is 1. The van der Waals surface area contributed by atoms with Crippen molar-refractivity contribution >= 4 is 28.2 Å². The van der Waals surface area contributed by atoms with Crippen molar-refractivity contribution in [2.24, 2.45) is 5.92 Å². The summed E-state index contributed by atoms with van der Waals surface area (Å²) in [5.41, 5.74) is 2.13. The molecule has 0 radical (unpaired) electrons. The summed E-state index contributed by atoms with van der Waals surface area (Å²) in [6.07, 6.45) is 8.72. The Bertz CT molecular complexity index is 591. The molecule has 2 nitrogen and oxygen atoms in total. The maximum Gasteiger partial charge on any atom is 0.0737 e. The molecule has 1 heterocycles. The van der Waals surface area contributed by atoms with Crippen molar-refractivity contribution in [3.63, 3.8) is 0 Å². The van der Waals surface area contributed by atoms with E-state index in [1.165, 1.54) is 37.8 Å². The molecule has 1 aliphatic carbocycles. The van der Waals surface area contributed by atoms with E-state index in [1.54, 1.807) is 0 Å². The van der Waals surface area contributed by atoms with Crippen LogP contribution in [0.1, 0.15) is 39.0 Å². The quantitative estimate of drug-likeness (QED) is 0.832. The lowest BCUT2D eigenvalue weighted by molar-refractivity contribution is 0.328. The third-order valence-corrected chi connectivity index (χ3v) is 4.68. The number of hydrogen-bond donors (Lipinski definition) is 1. The summed E-state index contributed by atoms with van der Waals surface area (Å²) in [5, 5.41) is 5.58. The number of nitrogens with one attached hydrogen (secondary N) is 1. The van der Waals surface area contributed by atoms with Gasteiger partial charge in [0.2, 0.25) is 0 Å². The number of anilines is 1. The highest BCUT2D eigenvalue weighted by molar-refractivity contribution is 6.31. The standard InChI is InChI=1S/C17H21ClN2/c1-12(13-5-3-2-4-6-13)20-16-9-10-19-17-11-14(18)7-8-15(16)17/h7-13H,2-6H2,1H3,(H,19,20). The van der Waals surface area contributed by atoms with E-state index in [-0.39, 0.29) is 0 Å². The third kappa shape index (κ3) is 2.90. The lowest BCUT2D eigenvalue weighted by Crippen LogP contribution is -2.27. The van der Waals surface area contributed by atoms with Gasteiger partial charge in [0.25, 0.3) is 0 Å². The number of hydrogen-bond acceptors (Lipinski definition) is 2. The maximum absolute atomic E-state index is 6.04. The Morgan fingerprint density at radius 2 is 2.00 bits per heavy atom. The zero-order chi connectivity index (χ0) is 13.9. The Hall–Kier alpha value is -1.28. The summed E-state index contributed by atoms with van der Waals surface area (Å²) in [6, 6.07) is 8.49. The molecule has 2 aromatic rings. The molecule has 106 valence electrons. The van der Waals surface area contributed by atoms with Gasteiger partial charge in [-0.2, -0.15) is 0 Å². The molecule has 1 aromatic carbocycles. The number of rotatable bonds is 3. The molecule has 0 amide bonds. The Morgan fingerprint density at radius 3 is 2.80 bits per heavy atom. The smallest absolute Gasteiger partial charge is 0.0737 e. The highest BCUT2D eigenvalue weighted by Crippen LogP contribution is 2.30. The lowest BCUT2D eigenvalue weighted by atomic mass is 9.84. The molecular formula is C17H21ClN2. The van der Waals surface area contributed by atoms with Crippen molar-refractivity contribution in [2.45, 2.75) is 45.1 Å². The van der Waals surface area contributed by atoms with Crippen LogP contribution in [0.15, 0.2) is 30.5 Å². The summed E-state index contributed by atoms with van der Waals surface area (Å²) in [7, 11) is 0. The molecule has 3 rings (SSSR count). The van der Waals surface area contributed by atoms with Crippen LogP contribution in [0, 0.1) is 5.92 Å². The predicted molar refractivity (Wildman–Crippen MR) is 86.4 cm³/mol. The number of fused-ring (bicyclic) bond motifs is 1. The first-order valence-corrected chi connectivity index (χ1v) is 7.92. The van der Waals surface area contributed by atoms with E-state index in [1.807, 2.05) is 18.3 Å². The minimum Gasteiger partial charge on any atom is -0.382 e. The fourth-order valence-corrected chi connectivity index (χ4v) is 3.41. The van der Waals surface area contributed by atoms with E-state index in [0.29, 0.717) is 6.04 Å². The predicted octanol–water partition coefficient (Wildman–Crippen LogP) is 5.27. The van der Waals surface area contributed by atoms with E-state index in [4.69, 9.17) is 11.6 Å². The highest BCUT2D eigenvalue weighted by Gasteiger charge is 2.20. The second-order valence-electron chi connectivity index (χ2n) is 5.85. The van der Waals surface area contributed by atoms with Crippen LogP contribution < -0.4 is 5.32 Å². The van der Waals surface area contributed by atoms with Gasteiger partial charge >= 0.3 is 0 Å². The van der Waals surface area contributed by atoms with Gasteiger partial charge < -0.3 is 5.32 Å². The monoisotopic (exact) mass is 288 g/mol. The summed E-state index contributed by atoms with van der Waals surface area (Å²) >= 11 is 6.04. The van der Waals surface area contributed by atoms with Gasteiger partial charge in [-0.1, -0.05) is 30.9 Å². The molecule has 0 spiro atoms. The first-order valence-electron chi connectivity index (χ1n) is 7.55. The molecule has 1 N–H and O–H groups in total. The van der Waals surface area contributed by atoms with Crippen molar-refractivity contribution in [1.29, 1.82) is 0 Å². The number of aromatic nitrogens is 1. The average molecular weight is 289 g/mol. The molecular weight excluding hydrogens is 268 g/mol. The molecule has 1 unspecified atom stereocenters. The summed E-state index contributed by atoms with van der Waals surface area (Å²) in [5.74, 6) is 0.791. The van der Waals surface area contributed by atoms with Gasteiger partial charge in [0.15, 0.2) is 0 Å². The molecule has 0 saturated heterocycles. The Balaban J connectivity index is 1.83. The van der Waals surface area contributed by atoms with E-state index < -0.39 is 0 Å². The minimum atomic E-state index is 0.511. The summed E-state index contributed by atoms with van der Waals surface area (Å²) < 4.78 is 0. The highest BCUT2D eigenvalue weighted by atomic mass is 35.5. The maximum atomic E-state index is 6.04. The van der Waals surface area contributed by atoms with Gasteiger partial charge in [0.1, 0.15) is 0 Å². The van der Waals surface area contributed by atoms with Gasteiger partial charge in [0.05, 0.1) is 5.52 Å². The SMILES string of the molecule is CC(Nc1ccnc2cc(Cl)ccc12)C1CCCCC1. The fourth-order valence-electron chi connectivity index (χ4n) is 3.24. The van der Waals surface area contributed by atoms with Crippen molar-refractivity contribution in [3.05, 3.63) is 35.5 Å². The summed E-state index contributed by atoms with van der Waals surface area (Å²) in [6.45, 7) is 2.30. The van der Waals surface area contributed by atoms with Gasteiger partial charge in [0, 0.05) is 28.3 Å². The third-order valence-electron chi connectivity index (χ3n) is 4.44. The van der Waals surface area contributed by atoms with Crippen molar-refractivity contribution in [2.75, 3.05) is 5.32 Å². The Kier molecular flexibility index (Phi) is 4.11.